The molecule has 35 heavy (non-hydrogen) atoms. The average Bonchev–Trinajstić information content (AvgIpc) is 2.83. The zero-order chi connectivity index (χ0) is 25.4. The summed E-state index contributed by atoms with van der Waals surface area (Å²) >= 11 is 0. The Morgan fingerprint density at radius 2 is 1.89 bits per heavy atom. The summed E-state index contributed by atoms with van der Waals surface area (Å²) in [4.78, 5) is 30.2. The van der Waals surface area contributed by atoms with Crippen molar-refractivity contribution in [2.75, 3.05) is 6.54 Å². The lowest BCUT2D eigenvalue weighted by molar-refractivity contribution is -0.132. The fraction of sp³-hybridized carbons (Fsp3) is 0.480. The Hall–Kier alpha value is -2.85. The Balaban J connectivity index is 1.70. The van der Waals surface area contributed by atoms with E-state index in [0.717, 1.165) is 5.56 Å². The van der Waals surface area contributed by atoms with Crippen molar-refractivity contribution in [3.63, 3.8) is 0 Å². The van der Waals surface area contributed by atoms with Gasteiger partial charge in [-0.25, -0.2) is 12.8 Å². The number of sulfonamides is 1. The minimum absolute atomic E-state index is 0.133. The Kier molecular flexibility index (Phi) is 9.33. The fourth-order valence-electron chi connectivity index (χ4n) is 4.16. The third-order valence-corrected chi connectivity index (χ3v) is 7.76. The number of halogens is 1. The summed E-state index contributed by atoms with van der Waals surface area (Å²) < 4.78 is 40.8. The second kappa shape index (κ2) is 12.2. The van der Waals surface area contributed by atoms with Crippen molar-refractivity contribution >= 4 is 21.8 Å². The van der Waals surface area contributed by atoms with E-state index < -0.39 is 33.8 Å². The van der Waals surface area contributed by atoms with Crippen LogP contribution in [0.4, 0.5) is 4.39 Å². The van der Waals surface area contributed by atoms with Crippen LogP contribution in [-0.4, -0.2) is 48.1 Å². The predicted octanol–water partition coefficient (Wildman–Crippen LogP) is 2.75. The van der Waals surface area contributed by atoms with Crippen LogP contribution in [0.15, 0.2) is 48.8 Å². The fourth-order valence-corrected chi connectivity index (χ4v) is 5.94. The highest BCUT2D eigenvalue weighted by Gasteiger charge is 2.38. The number of rotatable bonds is 10. The Morgan fingerprint density at radius 3 is 2.54 bits per heavy atom. The summed E-state index contributed by atoms with van der Waals surface area (Å²) in [5, 5.41) is 5.64. The SMILES string of the molecule is CC(C)C[C@H](NC(=O)[C@@H]1CCCCN1S(=O)(=O)Cc1ccc(F)cc1)C(=O)NCc1cccnc1. The van der Waals surface area contributed by atoms with Crippen molar-refractivity contribution in [3.05, 3.63) is 65.7 Å². The van der Waals surface area contributed by atoms with E-state index in [1.165, 1.54) is 28.6 Å². The van der Waals surface area contributed by atoms with Gasteiger partial charge in [-0.3, -0.25) is 14.6 Å². The van der Waals surface area contributed by atoms with Gasteiger partial charge in [-0.1, -0.05) is 38.5 Å². The molecule has 2 aromatic rings. The molecule has 0 saturated carbocycles. The highest BCUT2D eigenvalue weighted by atomic mass is 32.2. The highest BCUT2D eigenvalue weighted by Crippen LogP contribution is 2.24. The maximum Gasteiger partial charge on any atom is 0.242 e. The number of nitrogens with one attached hydrogen (secondary N) is 2. The summed E-state index contributed by atoms with van der Waals surface area (Å²) in [5.74, 6) is -1.44. The van der Waals surface area contributed by atoms with Crippen molar-refractivity contribution in [1.82, 2.24) is 19.9 Å². The standard InChI is InChI=1S/C25H33FN4O4S/c1-18(2)14-22(24(31)28-16-20-6-5-12-27-15-20)29-25(32)23-7-3-4-13-30(23)35(33,34)17-19-8-10-21(26)11-9-19/h5-6,8-12,15,18,22-23H,3-4,7,13-14,16-17H2,1-2H3,(H,28,31)(H,29,32)/t22-,23-/m0/s1. The van der Waals surface area contributed by atoms with Crippen LogP contribution in [0.1, 0.15) is 50.7 Å². The number of piperidine rings is 1. The van der Waals surface area contributed by atoms with E-state index in [-0.39, 0.29) is 30.7 Å². The molecule has 190 valence electrons. The normalized spacial score (nSPS) is 17.7. The van der Waals surface area contributed by atoms with E-state index in [2.05, 4.69) is 15.6 Å². The van der Waals surface area contributed by atoms with Gasteiger partial charge in [-0.05, 0) is 54.5 Å². The lowest BCUT2D eigenvalue weighted by Gasteiger charge is -2.34. The van der Waals surface area contributed by atoms with Gasteiger partial charge >= 0.3 is 0 Å². The van der Waals surface area contributed by atoms with E-state index in [1.54, 1.807) is 18.5 Å². The first-order valence-corrected chi connectivity index (χ1v) is 13.5. The van der Waals surface area contributed by atoms with Crippen molar-refractivity contribution in [1.29, 1.82) is 0 Å². The molecule has 2 amide bonds. The molecular formula is C25H33FN4O4S. The number of carbonyl (C=O) groups excluding carboxylic acids is 2. The summed E-state index contributed by atoms with van der Waals surface area (Å²) in [6.07, 6.45) is 5.45. The van der Waals surface area contributed by atoms with E-state index in [4.69, 9.17) is 0 Å². The number of pyridine rings is 1. The zero-order valence-electron chi connectivity index (χ0n) is 20.1. The van der Waals surface area contributed by atoms with E-state index in [9.17, 15) is 22.4 Å². The topological polar surface area (TPSA) is 108 Å². The monoisotopic (exact) mass is 504 g/mol. The van der Waals surface area contributed by atoms with Gasteiger partial charge in [0.2, 0.25) is 21.8 Å². The van der Waals surface area contributed by atoms with Crippen molar-refractivity contribution in [3.8, 4) is 0 Å². The van der Waals surface area contributed by atoms with E-state index >= 15 is 0 Å². The first kappa shape index (κ1) is 26.7. The Morgan fingerprint density at radius 1 is 1.14 bits per heavy atom. The van der Waals surface area contributed by atoms with Crippen molar-refractivity contribution in [2.45, 2.75) is 63.9 Å². The molecule has 1 saturated heterocycles. The molecule has 2 N–H and O–H groups in total. The van der Waals surface area contributed by atoms with Crippen LogP contribution in [0.2, 0.25) is 0 Å². The minimum Gasteiger partial charge on any atom is -0.350 e. The van der Waals surface area contributed by atoms with Gasteiger partial charge in [-0.15, -0.1) is 0 Å². The maximum atomic E-state index is 13.3. The van der Waals surface area contributed by atoms with Gasteiger partial charge in [0.25, 0.3) is 0 Å². The van der Waals surface area contributed by atoms with Gasteiger partial charge < -0.3 is 10.6 Å². The van der Waals surface area contributed by atoms with E-state index in [0.29, 0.717) is 31.2 Å². The molecule has 1 fully saturated rings. The van der Waals surface area contributed by atoms with Gasteiger partial charge in [0.05, 0.1) is 5.75 Å². The molecule has 0 spiro atoms. The number of aromatic nitrogens is 1. The summed E-state index contributed by atoms with van der Waals surface area (Å²) in [7, 11) is -3.83. The molecule has 0 radical (unpaired) electrons. The van der Waals surface area contributed by atoms with Gasteiger partial charge in [0.15, 0.2) is 0 Å². The maximum absolute atomic E-state index is 13.3. The third-order valence-electron chi connectivity index (χ3n) is 5.91. The highest BCUT2D eigenvalue weighted by molar-refractivity contribution is 7.88. The molecule has 1 aliphatic heterocycles. The lowest BCUT2D eigenvalue weighted by Crippen LogP contribution is -2.56. The van der Waals surface area contributed by atoms with Crippen LogP contribution in [0.5, 0.6) is 0 Å². The van der Waals surface area contributed by atoms with Crippen LogP contribution < -0.4 is 10.6 Å². The van der Waals surface area contributed by atoms with Gasteiger partial charge in [0, 0.05) is 25.5 Å². The van der Waals surface area contributed by atoms with Crippen LogP contribution in [-0.2, 0) is 31.9 Å². The molecule has 3 rings (SSSR count). The van der Waals surface area contributed by atoms with Gasteiger partial charge in [-0.2, -0.15) is 4.31 Å². The molecule has 2 atom stereocenters. The Bertz CT molecular complexity index is 1090. The molecular weight excluding hydrogens is 471 g/mol. The predicted molar refractivity (Wildman–Crippen MR) is 131 cm³/mol. The van der Waals surface area contributed by atoms with Crippen molar-refractivity contribution in [2.24, 2.45) is 5.92 Å². The summed E-state index contributed by atoms with van der Waals surface area (Å²) in [6.45, 7) is 4.41. The summed E-state index contributed by atoms with van der Waals surface area (Å²) in [5.41, 5.74) is 1.28. The van der Waals surface area contributed by atoms with Crippen molar-refractivity contribution < 1.29 is 22.4 Å². The second-order valence-electron chi connectivity index (χ2n) is 9.27. The number of benzene rings is 1. The first-order valence-electron chi connectivity index (χ1n) is 11.9. The van der Waals surface area contributed by atoms with Crippen LogP contribution in [0, 0.1) is 11.7 Å². The number of carbonyl (C=O) groups is 2. The molecule has 0 aliphatic carbocycles. The number of nitrogens with zero attached hydrogens (tertiary/aromatic N) is 2. The molecule has 1 aromatic heterocycles. The average molecular weight is 505 g/mol. The quantitative estimate of drug-likeness (QED) is 0.517. The third kappa shape index (κ3) is 7.83. The Labute approximate surface area is 206 Å². The smallest absolute Gasteiger partial charge is 0.242 e. The minimum atomic E-state index is -3.83. The molecule has 10 heteroatoms. The first-order chi connectivity index (χ1) is 16.7. The van der Waals surface area contributed by atoms with E-state index in [1.807, 2.05) is 19.9 Å². The molecule has 0 bridgehead atoms. The molecule has 1 aliphatic rings. The largest absolute Gasteiger partial charge is 0.350 e. The molecule has 1 aromatic carbocycles. The van der Waals surface area contributed by atoms with Crippen LogP contribution in [0.3, 0.4) is 0 Å². The molecule has 8 nitrogen and oxygen atoms in total. The second-order valence-corrected chi connectivity index (χ2v) is 11.2. The number of hydrogen-bond donors (Lipinski definition) is 2. The molecule has 2 heterocycles. The number of amides is 2. The number of hydrogen-bond acceptors (Lipinski definition) is 5. The van der Waals surface area contributed by atoms with Gasteiger partial charge in [0.1, 0.15) is 17.9 Å². The lowest BCUT2D eigenvalue weighted by atomic mass is 10.0. The summed E-state index contributed by atoms with van der Waals surface area (Å²) in [6, 6.07) is 7.22. The zero-order valence-corrected chi connectivity index (χ0v) is 20.9. The molecule has 0 unspecified atom stereocenters. The van der Waals surface area contributed by atoms with Crippen LogP contribution in [0.25, 0.3) is 0 Å². The van der Waals surface area contributed by atoms with Crippen LogP contribution >= 0.6 is 0 Å².